The van der Waals surface area contributed by atoms with Crippen molar-refractivity contribution in [1.82, 2.24) is 0 Å². The molecular formula is C31H52O4. The van der Waals surface area contributed by atoms with E-state index in [1.54, 1.807) is 6.92 Å². The van der Waals surface area contributed by atoms with Crippen LogP contribution < -0.4 is 0 Å². The minimum Gasteiger partial charge on any atom is -0.462 e. The number of carbonyl (C=O) groups is 2. The minimum absolute atomic E-state index is 0.0272. The Hall–Kier alpha value is -1.06. The summed E-state index contributed by atoms with van der Waals surface area (Å²) >= 11 is 0. The molecule has 4 fully saturated rings. The third kappa shape index (κ3) is 4.81. The summed E-state index contributed by atoms with van der Waals surface area (Å²) in [5.74, 6) is 4.21. The normalized spacial score (nSPS) is 43.6. The average molecular weight is 489 g/mol. The highest BCUT2D eigenvalue weighted by molar-refractivity contribution is 5.67. The second kappa shape index (κ2) is 10.0. The Morgan fingerprint density at radius 2 is 1.60 bits per heavy atom. The van der Waals surface area contributed by atoms with E-state index in [4.69, 9.17) is 9.47 Å². The number of hydrogen-bond acceptors (Lipinski definition) is 4. The molecule has 0 radical (unpaired) electrons. The van der Waals surface area contributed by atoms with Crippen molar-refractivity contribution in [1.29, 1.82) is 0 Å². The molecule has 35 heavy (non-hydrogen) atoms. The number of hydrogen-bond donors (Lipinski definition) is 0. The summed E-state index contributed by atoms with van der Waals surface area (Å²) in [6.45, 7) is 15.3. The summed E-state index contributed by atoms with van der Waals surface area (Å²) in [5, 5.41) is 0. The Morgan fingerprint density at radius 3 is 2.26 bits per heavy atom. The zero-order valence-electron chi connectivity index (χ0n) is 23.7. The molecule has 0 amide bonds. The average Bonchev–Trinajstić information content (AvgIpc) is 3.10. The monoisotopic (exact) mass is 488 g/mol. The van der Waals surface area contributed by atoms with Gasteiger partial charge in [0.2, 0.25) is 0 Å². The molecule has 0 N–H and O–H groups in total. The van der Waals surface area contributed by atoms with E-state index in [2.05, 4.69) is 34.6 Å². The summed E-state index contributed by atoms with van der Waals surface area (Å²) in [6, 6.07) is 0. The van der Waals surface area contributed by atoms with E-state index in [9.17, 15) is 9.59 Å². The molecule has 4 aliphatic carbocycles. The van der Waals surface area contributed by atoms with Crippen LogP contribution in [0.3, 0.4) is 0 Å². The third-order valence-electron chi connectivity index (χ3n) is 11.6. The summed E-state index contributed by atoms with van der Waals surface area (Å²) in [7, 11) is 0. The smallest absolute Gasteiger partial charge is 0.303 e. The fourth-order valence-corrected chi connectivity index (χ4v) is 10.0. The zero-order valence-corrected chi connectivity index (χ0v) is 23.7. The molecule has 0 spiro atoms. The molecule has 0 aliphatic heterocycles. The van der Waals surface area contributed by atoms with Gasteiger partial charge in [-0.05, 0) is 92.3 Å². The van der Waals surface area contributed by atoms with Gasteiger partial charge in [-0.1, -0.05) is 53.9 Å². The van der Waals surface area contributed by atoms with Gasteiger partial charge < -0.3 is 9.47 Å². The molecule has 4 aliphatic rings. The zero-order chi connectivity index (χ0) is 25.6. The van der Waals surface area contributed by atoms with Gasteiger partial charge in [0, 0.05) is 25.7 Å². The number of rotatable bonds is 7. The fourth-order valence-electron chi connectivity index (χ4n) is 10.0. The van der Waals surface area contributed by atoms with Crippen molar-refractivity contribution in [3.8, 4) is 0 Å². The minimum atomic E-state index is -0.492. The molecule has 200 valence electrons. The predicted octanol–water partition coefficient (Wildman–Crippen LogP) is 7.73. The molecule has 0 aromatic rings. The van der Waals surface area contributed by atoms with E-state index in [0.29, 0.717) is 17.8 Å². The molecular weight excluding hydrogens is 436 g/mol. The van der Waals surface area contributed by atoms with Gasteiger partial charge in [-0.15, -0.1) is 0 Å². The highest BCUT2D eigenvalue weighted by Gasteiger charge is 2.66. The van der Waals surface area contributed by atoms with Crippen molar-refractivity contribution >= 4 is 11.9 Å². The lowest BCUT2D eigenvalue weighted by molar-refractivity contribution is -0.239. The van der Waals surface area contributed by atoms with Gasteiger partial charge in [0.25, 0.3) is 0 Å². The molecule has 0 bridgehead atoms. The van der Waals surface area contributed by atoms with Crippen LogP contribution in [-0.2, 0) is 19.1 Å². The van der Waals surface area contributed by atoms with Gasteiger partial charge in [-0.2, -0.15) is 0 Å². The first-order chi connectivity index (χ1) is 16.4. The van der Waals surface area contributed by atoms with Gasteiger partial charge in [0.15, 0.2) is 0 Å². The Kier molecular flexibility index (Phi) is 7.72. The van der Waals surface area contributed by atoms with Crippen LogP contribution in [0.1, 0.15) is 126 Å². The molecule has 9 atom stereocenters. The van der Waals surface area contributed by atoms with E-state index in [-0.39, 0.29) is 23.5 Å². The van der Waals surface area contributed by atoms with Crippen LogP contribution >= 0.6 is 0 Å². The highest BCUT2D eigenvalue weighted by Crippen LogP contribution is 2.70. The van der Waals surface area contributed by atoms with Crippen LogP contribution in [0.4, 0.5) is 0 Å². The maximum absolute atomic E-state index is 12.3. The first-order valence-electron chi connectivity index (χ1n) is 14.8. The van der Waals surface area contributed by atoms with Crippen LogP contribution in [0.2, 0.25) is 0 Å². The number of carbonyl (C=O) groups excluding carboxylic acids is 2. The Bertz CT molecular complexity index is 791. The van der Waals surface area contributed by atoms with Crippen LogP contribution in [0.5, 0.6) is 0 Å². The maximum Gasteiger partial charge on any atom is 0.303 e. The van der Waals surface area contributed by atoms with Gasteiger partial charge in [0.05, 0.1) is 0 Å². The SMILES string of the molecule is CC(=O)O[C@H]1CC[C@]2(C)[C@H]3CC[C@]4(C)[C@@H]([C@H](C)CCCC(C)C)CC[C@H]4[C@@H]3CC[C@@]2(OC(C)=O)C1. The molecule has 0 unspecified atom stereocenters. The van der Waals surface area contributed by atoms with Crippen LogP contribution in [0.15, 0.2) is 0 Å². The Labute approximate surface area is 214 Å². The standard InChI is InChI=1S/C31H52O4/c1-20(2)9-8-10-21(3)26-11-12-27-25-14-18-31(35-23(5)33)19-24(34-22(4)32)13-17-30(31,7)28(25)15-16-29(26,27)6/h20-21,24-28H,8-19H2,1-7H3/t21-,24+,25+,26-,27+,28+,29-,30-,31-/m1/s1. The molecule has 4 rings (SSSR count). The fraction of sp³-hybridized carbons (Fsp3) is 0.935. The summed E-state index contributed by atoms with van der Waals surface area (Å²) in [5.41, 5.74) is -0.0556. The lowest BCUT2D eigenvalue weighted by atomic mass is 9.43. The molecule has 0 heterocycles. The second-order valence-corrected chi connectivity index (χ2v) is 13.9. The van der Waals surface area contributed by atoms with E-state index >= 15 is 0 Å². The van der Waals surface area contributed by atoms with Crippen molar-refractivity contribution in [3.63, 3.8) is 0 Å². The van der Waals surface area contributed by atoms with E-state index in [0.717, 1.165) is 55.3 Å². The molecule has 4 heteroatoms. The molecule has 4 nitrogen and oxygen atoms in total. The highest BCUT2D eigenvalue weighted by atomic mass is 16.6. The van der Waals surface area contributed by atoms with Crippen molar-refractivity contribution in [3.05, 3.63) is 0 Å². The van der Waals surface area contributed by atoms with Gasteiger partial charge >= 0.3 is 11.9 Å². The summed E-state index contributed by atoms with van der Waals surface area (Å²) < 4.78 is 11.9. The second-order valence-electron chi connectivity index (χ2n) is 13.9. The number of ether oxygens (including phenoxy) is 2. The molecule has 0 saturated heterocycles. The third-order valence-corrected chi connectivity index (χ3v) is 11.6. The lowest BCUT2D eigenvalue weighted by Gasteiger charge is -2.65. The van der Waals surface area contributed by atoms with Crippen molar-refractivity contribution < 1.29 is 19.1 Å². The predicted molar refractivity (Wildman–Crippen MR) is 140 cm³/mol. The van der Waals surface area contributed by atoms with Gasteiger partial charge in [-0.3, -0.25) is 9.59 Å². The van der Waals surface area contributed by atoms with E-state index < -0.39 is 5.60 Å². The van der Waals surface area contributed by atoms with Crippen molar-refractivity contribution in [2.45, 2.75) is 137 Å². The van der Waals surface area contributed by atoms with Gasteiger partial charge in [0.1, 0.15) is 11.7 Å². The van der Waals surface area contributed by atoms with Crippen LogP contribution in [0.25, 0.3) is 0 Å². The topological polar surface area (TPSA) is 52.6 Å². The molecule has 0 aromatic carbocycles. The number of esters is 2. The Balaban J connectivity index is 1.54. The van der Waals surface area contributed by atoms with Gasteiger partial charge in [-0.25, -0.2) is 0 Å². The van der Waals surface area contributed by atoms with Crippen molar-refractivity contribution in [2.75, 3.05) is 0 Å². The van der Waals surface area contributed by atoms with E-state index in [1.165, 1.54) is 51.9 Å². The van der Waals surface area contributed by atoms with Crippen LogP contribution in [-0.4, -0.2) is 23.6 Å². The largest absolute Gasteiger partial charge is 0.462 e. The first-order valence-corrected chi connectivity index (χ1v) is 14.8. The Morgan fingerprint density at radius 1 is 0.857 bits per heavy atom. The first kappa shape index (κ1) is 27.0. The summed E-state index contributed by atoms with van der Waals surface area (Å²) in [6.07, 6.45) is 13.9. The maximum atomic E-state index is 12.3. The summed E-state index contributed by atoms with van der Waals surface area (Å²) in [4.78, 5) is 24.1. The van der Waals surface area contributed by atoms with E-state index in [1.807, 2.05) is 0 Å². The molecule has 4 saturated carbocycles. The molecule has 0 aromatic heterocycles. The lowest BCUT2D eigenvalue weighted by Crippen LogP contribution is -2.64. The number of fused-ring (bicyclic) bond motifs is 5. The quantitative estimate of drug-likeness (QED) is 0.344. The van der Waals surface area contributed by atoms with Crippen molar-refractivity contribution in [2.24, 2.45) is 46.3 Å². The van der Waals surface area contributed by atoms with Crippen LogP contribution in [0, 0.1) is 46.3 Å².